The van der Waals surface area contributed by atoms with Gasteiger partial charge < -0.3 is 0 Å². The summed E-state index contributed by atoms with van der Waals surface area (Å²) in [4.78, 5) is 22.3. The normalized spacial score (nSPS) is 11.2. The summed E-state index contributed by atoms with van der Waals surface area (Å²) in [5.74, 6) is -1.03. The first-order valence-corrected chi connectivity index (χ1v) is 5.76. The fourth-order valence-corrected chi connectivity index (χ4v) is 1.90. The maximum Gasteiger partial charge on any atom is 0.417 e. The van der Waals surface area contributed by atoms with Crippen molar-refractivity contribution in [2.45, 2.75) is 6.18 Å². The molecule has 0 atom stereocenters. The summed E-state index contributed by atoms with van der Waals surface area (Å²) >= 11 is 0. The van der Waals surface area contributed by atoms with Crippen LogP contribution in [-0.2, 0) is 6.18 Å². The van der Waals surface area contributed by atoms with Crippen LogP contribution in [0.1, 0.15) is 21.5 Å². The van der Waals surface area contributed by atoms with E-state index in [1.807, 2.05) is 0 Å². The monoisotopic (exact) mass is 295 g/mol. The van der Waals surface area contributed by atoms with Gasteiger partial charge in [0, 0.05) is 11.6 Å². The highest BCUT2D eigenvalue weighted by molar-refractivity contribution is 6.12. The van der Waals surface area contributed by atoms with Gasteiger partial charge in [-0.25, -0.2) is 0 Å². The largest absolute Gasteiger partial charge is 0.417 e. The number of rotatable bonds is 3. The molecule has 0 aliphatic rings. The van der Waals surface area contributed by atoms with Gasteiger partial charge in [-0.05, 0) is 12.1 Å². The van der Waals surface area contributed by atoms with Crippen LogP contribution in [0.4, 0.5) is 18.9 Å². The molecule has 0 aliphatic heterocycles. The summed E-state index contributed by atoms with van der Waals surface area (Å²) in [6.07, 6.45) is -4.71. The Morgan fingerprint density at radius 2 is 1.48 bits per heavy atom. The second-order valence-corrected chi connectivity index (χ2v) is 4.15. The molecular formula is C14H8F3NO3. The minimum atomic E-state index is -4.71. The molecule has 0 unspecified atom stereocenters. The standard InChI is InChI=1S/C14H8F3NO3/c15-14(16,17)11-7-3-1-5-9(11)13(19)10-6-2-4-8-12(10)18(20)21/h1-8H. The zero-order valence-corrected chi connectivity index (χ0v) is 10.4. The molecule has 2 aromatic rings. The number of benzene rings is 2. The number of carbonyl (C=O) groups excluding carboxylic acids is 1. The first-order valence-electron chi connectivity index (χ1n) is 5.76. The molecule has 0 saturated heterocycles. The number of carbonyl (C=O) groups is 1. The quantitative estimate of drug-likeness (QED) is 0.491. The highest BCUT2D eigenvalue weighted by Crippen LogP contribution is 2.33. The van der Waals surface area contributed by atoms with Gasteiger partial charge >= 0.3 is 6.18 Å². The summed E-state index contributed by atoms with van der Waals surface area (Å²) in [7, 11) is 0. The molecule has 7 heteroatoms. The van der Waals surface area contributed by atoms with Crippen LogP contribution in [0, 0.1) is 10.1 Å². The Morgan fingerprint density at radius 1 is 0.952 bits per heavy atom. The molecule has 2 aromatic carbocycles. The minimum Gasteiger partial charge on any atom is -0.288 e. The lowest BCUT2D eigenvalue weighted by atomic mass is 9.97. The smallest absolute Gasteiger partial charge is 0.288 e. The third-order valence-corrected chi connectivity index (χ3v) is 2.82. The number of halogens is 3. The van der Waals surface area contributed by atoms with Crippen molar-refractivity contribution in [2.75, 3.05) is 0 Å². The van der Waals surface area contributed by atoms with E-state index in [-0.39, 0.29) is 5.56 Å². The van der Waals surface area contributed by atoms with Crippen LogP contribution in [-0.4, -0.2) is 10.7 Å². The van der Waals surface area contributed by atoms with Crippen LogP contribution in [0.5, 0.6) is 0 Å². The van der Waals surface area contributed by atoms with Crippen molar-refractivity contribution in [3.63, 3.8) is 0 Å². The average Bonchev–Trinajstić information content (AvgIpc) is 2.45. The van der Waals surface area contributed by atoms with Crippen LogP contribution >= 0.6 is 0 Å². The maximum atomic E-state index is 12.9. The molecule has 0 radical (unpaired) electrons. The van der Waals surface area contributed by atoms with E-state index >= 15 is 0 Å². The second kappa shape index (κ2) is 5.35. The lowest BCUT2D eigenvalue weighted by Crippen LogP contribution is -2.14. The van der Waals surface area contributed by atoms with Gasteiger partial charge in [0.1, 0.15) is 5.56 Å². The van der Waals surface area contributed by atoms with E-state index in [0.29, 0.717) is 0 Å². The number of nitrogens with zero attached hydrogens (tertiary/aromatic N) is 1. The summed E-state index contributed by atoms with van der Waals surface area (Å²) in [6, 6.07) is 9.10. The van der Waals surface area contributed by atoms with Gasteiger partial charge in [-0.3, -0.25) is 14.9 Å². The first-order chi connectivity index (χ1) is 9.82. The molecule has 0 saturated carbocycles. The molecule has 21 heavy (non-hydrogen) atoms. The SMILES string of the molecule is O=C(c1ccccc1[N+](=O)[O-])c1ccccc1C(F)(F)F. The summed E-state index contributed by atoms with van der Waals surface area (Å²) < 4.78 is 38.7. The molecule has 4 nitrogen and oxygen atoms in total. The maximum absolute atomic E-state index is 12.9. The predicted molar refractivity (Wildman–Crippen MR) is 68.0 cm³/mol. The topological polar surface area (TPSA) is 60.2 Å². The Morgan fingerprint density at radius 3 is 2.05 bits per heavy atom. The van der Waals surface area contributed by atoms with Crippen molar-refractivity contribution < 1.29 is 22.9 Å². The Labute approximate surface area is 117 Å². The third kappa shape index (κ3) is 2.91. The van der Waals surface area contributed by atoms with Crippen molar-refractivity contribution in [1.29, 1.82) is 0 Å². The van der Waals surface area contributed by atoms with Crippen molar-refractivity contribution in [3.8, 4) is 0 Å². The van der Waals surface area contributed by atoms with E-state index in [0.717, 1.165) is 30.3 Å². The van der Waals surface area contributed by atoms with Crippen molar-refractivity contribution in [1.82, 2.24) is 0 Å². The number of nitro groups is 1. The molecule has 2 rings (SSSR count). The molecule has 0 spiro atoms. The van der Waals surface area contributed by atoms with Gasteiger partial charge in [0.05, 0.1) is 10.5 Å². The van der Waals surface area contributed by atoms with Gasteiger partial charge in [-0.1, -0.05) is 30.3 Å². The highest BCUT2D eigenvalue weighted by Gasteiger charge is 2.36. The van der Waals surface area contributed by atoms with Gasteiger partial charge in [0.15, 0.2) is 0 Å². The Bertz CT molecular complexity index is 711. The van der Waals surface area contributed by atoms with Crippen LogP contribution in [0.25, 0.3) is 0 Å². The molecule has 0 heterocycles. The molecule has 0 aliphatic carbocycles. The summed E-state index contributed by atoms with van der Waals surface area (Å²) in [5, 5.41) is 10.9. The van der Waals surface area contributed by atoms with Crippen LogP contribution < -0.4 is 0 Å². The number of ketones is 1. The van der Waals surface area contributed by atoms with Crippen LogP contribution in [0.2, 0.25) is 0 Å². The van der Waals surface area contributed by atoms with Crippen LogP contribution in [0.3, 0.4) is 0 Å². The lowest BCUT2D eigenvalue weighted by molar-refractivity contribution is -0.385. The summed E-state index contributed by atoms with van der Waals surface area (Å²) in [5.41, 5.74) is -2.63. The number of alkyl halides is 3. The molecule has 0 aromatic heterocycles. The number of hydrogen-bond acceptors (Lipinski definition) is 3. The Balaban J connectivity index is 2.60. The van der Waals surface area contributed by atoms with Gasteiger partial charge in [-0.15, -0.1) is 0 Å². The van der Waals surface area contributed by atoms with Crippen molar-refractivity contribution in [3.05, 3.63) is 75.3 Å². The molecule has 0 N–H and O–H groups in total. The lowest BCUT2D eigenvalue weighted by Gasteiger charge is -2.11. The average molecular weight is 295 g/mol. The van der Waals surface area contributed by atoms with Crippen molar-refractivity contribution >= 4 is 11.5 Å². The summed E-state index contributed by atoms with van der Waals surface area (Å²) in [6.45, 7) is 0. The van der Waals surface area contributed by atoms with Gasteiger partial charge in [0.2, 0.25) is 5.78 Å². The zero-order valence-electron chi connectivity index (χ0n) is 10.4. The van der Waals surface area contributed by atoms with Crippen molar-refractivity contribution in [2.24, 2.45) is 0 Å². The molecule has 0 fully saturated rings. The molecule has 0 bridgehead atoms. The van der Waals surface area contributed by atoms with E-state index in [9.17, 15) is 28.1 Å². The van der Waals surface area contributed by atoms with Gasteiger partial charge in [-0.2, -0.15) is 13.2 Å². The number of para-hydroxylation sites is 1. The molecule has 108 valence electrons. The number of nitro benzene ring substituents is 1. The number of hydrogen-bond donors (Lipinski definition) is 0. The fraction of sp³-hybridized carbons (Fsp3) is 0.0714. The zero-order chi connectivity index (χ0) is 15.6. The minimum absolute atomic E-state index is 0.376. The first kappa shape index (κ1) is 14.7. The Hall–Kier alpha value is -2.70. The van der Waals surface area contributed by atoms with E-state index in [1.165, 1.54) is 18.2 Å². The van der Waals surface area contributed by atoms with Gasteiger partial charge in [0.25, 0.3) is 5.69 Å². The van der Waals surface area contributed by atoms with Crippen LogP contribution in [0.15, 0.2) is 48.5 Å². The molecular weight excluding hydrogens is 287 g/mol. The Kier molecular flexibility index (Phi) is 3.75. The third-order valence-electron chi connectivity index (χ3n) is 2.82. The highest BCUT2D eigenvalue weighted by atomic mass is 19.4. The predicted octanol–water partition coefficient (Wildman–Crippen LogP) is 3.84. The van der Waals surface area contributed by atoms with E-state index in [4.69, 9.17) is 0 Å². The van der Waals surface area contributed by atoms with E-state index in [1.54, 1.807) is 0 Å². The second-order valence-electron chi connectivity index (χ2n) is 4.15. The fourth-order valence-electron chi connectivity index (χ4n) is 1.90. The molecule has 0 amide bonds. The van der Waals surface area contributed by atoms with E-state index < -0.39 is 33.7 Å². The van der Waals surface area contributed by atoms with E-state index in [2.05, 4.69) is 0 Å².